The molecule has 9 nitrogen and oxygen atoms in total. The average Bonchev–Trinajstić information content (AvgIpc) is 3.32. The molecule has 37 heavy (non-hydrogen) atoms. The highest BCUT2D eigenvalue weighted by Crippen LogP contribution is 2.31. The Morgan fingerprint density at radius 2 is 1.65 bits per heavy atom. The van der Waals surface area contributed by atoms with Crippen LogP contribution in [0.3, 0.4) is 0 Å². The van der Waals surface area contributed by atoms with Gasteiger partial charge in [0.15, 0.2) is 0 Å². The molecule has 0 spiro atoms. The van der Waals surface area contributed by atoms with Gasteiger partial charge in [-0.25, -0.2) is 13.1 Å². The van der Waals surface area contributed by atoms with Crippen molar-refractivity contribution < 1.29 is 18.0 Å². The number of hydrogen-bond acceptors (Lipinski definition) is 6. The molecule has 0 radical (unpaired) electrons. The van der Waals surface area contributed by atoms with Gasteiger partial charge in [0.05, 0.1) is 17.7 Å². The molecule has 1 aliphatic rings. The van der Waals surface area contributed by atoms with Crippen molar-refractivity contribution in [3.8, 4) is 0 Å². The van der Waals surface area contributed by atoms with Crippen LogP contribution in [0.5, 0.6) is 0 Å². The van der Waals surface area contributed by atoms with Crippen LogP contribution in [-0.2, 0) is 26.2 Å². The zero-order valence-electron chi connectivity index (χ0n) is 20.3. The zero-order chi connectivity index (χ0) is 26.6. The average molecular weight is 540 g/mol. The van der Waals surface area contributed by atoms with Gasteiger partial charge >= 0.3 is 0 Å². The van der Waals surface area contributed by atoms with Crippen molar-refractivity contribution in [3.05, 3.63) is 93.7 Å². The van der Waals surface area contributed by atoms with Crippen LogP contribution >= 0.6 is 11.3 Å². The second kappa shape index (κ2) is 11.2. The highest BCUT2D eigenvalue weighted by atomic mass is 32.2. The number of nitrogens with zero attached hydrogens (tertiary/aromatic N) is 1. The van der Waals surface area contributed by atoms with Gasteiger partial charge in [-0.3, -0.25) is 15.0 Å². The van der Waals surface area contributed by atoms with Gasteiger partial charge in [-0.05, 0) is 29.7 Å². The van der Waals surface area contributed by atoms with E-state index in [4.69, 9.17) is 11.1 Å². The van der Waals surface area contributed by atoms with Crippen molar-refractivity contribution in [2.24, 2.45) is 5.73 Å². The number of sulfonamides is 1. The van der Waals surface area contributed by atoms with Crippen LogP contribution < -0.4 is 15.8 Å². The molecule has 0 aliphatic carbocycles. The summed E-state index contributed by atoms with van der Waals surface area (Å²) in [7, 11) is -3.76. The third-order valence-corrected chi connectivity index (χ3v) is 8.03. The van der Waals surface area contributed by atoms with Crippen molar-refractivity contribution in [2.75, 3.05) is 12.8 Å². The van der Waals surface area contributed by atoms with Crippen molar-refractivity contribution in [3.63, 3.8) is 0 Å². The Morgan fingerprint density at radius 1 is 1.05 bits per heavy atom. The number of thiophene rings is 1. The van der Waals surface area contributed by atoms with E-state index in [0.29, 0.717) is 17.8 Å². The highest BCUT2D eigenvalue weighted by Gasteiger charge is 2.44. The standard InChI is InChI=1S/C26H29N5O4S2/c1-37(34,35)30-23(22(17-8-4-2-5-9-17)18-10-6-3-7-11-18)26(33)31-15-14-20(31)25(32)29-16-19-12-13-21(36-19)24(27)28/h2-13,20,22-23,30H,14-16H2,1H3,(H3,27,28)(H,29,32)/t20?,23-/m1/s1. The number of nitrogens with one attached hydrogen (secondary N) is 3. The van der Waals surface area contributed by atoms with E-state index in [1.54, 1.807) is 12.1 Å². The Kier molecular flexibility index (Phi) is 8.06. The predicted molar refractivity (Wildman–Crippen MR) is 144 cm³/mol. The lowest BCUT2D eigenvalue weighted by atomic mass is 9.84. The van der Waals surface area contributed by atoms with E-state index < -0.39 is 33.9 Å². The molecular formula is C26H29N5O4S2. The normalized spacial score (nSPS) is 16.2. The Bertz CT molecular complexity index is 1340. The molecule has 194 valence electrons. The lowest BCUT2D eigenvalue weighted by Gasteiger charge is -2.43. The van der Waals surface area contributed by atoms with Gasteiger partial charge in [-0.15, -0.1) is 11.3 Å². The molecular weight excluding hydrogens is 510 g/mol. The number of benzene rings is 2. The third kappa shape index (κ3) is 6.43. The first-order valence-corrected chi connectivity index (χ1v) is 14.4. The van der Waals surface area contributed by atoms with Crippen LogP contribution in [-0.4, -0.2) is 55.9 Å². The number of nitrogen functional groups attached to an aromatic ring is 1. The van der Waals surface area contributed by atoms with E-state index in [1.807, 2.05) is 60.7 Å². The van der Waals surface area contributed by atoms with Crippen molar-refractivity contribution in [1.82, 2.24) is 14.9 Å². The second-order valence-electron chi connectivity index (χ2n) is 8.90. The minimum absolute atomic E-state index is 0.0332. The van der Waals surface area contributed by atoms with E-state index in [0.717, 1.165) is 22.3 Å². The Balaban J connectivity index is 1.57. The smallest absolute Gasteiger partial charge is 0.243 e. The number of nitrogens with two attached hydrogens (primary N) is 1. The maximum absolute atomic E-state index is 13.8. The molecule has 1 saturated heterocycles. The Labute approximate surface area is 220 Å². The molecule has 2 amide bonds. The van der Waals surface area contributed by atoms with Crippen LogP contribution in [0.2, 0.25) is 0 Å². The topological polar surface area (TPSA) is 145 Å². The molecule has 11 heteroatoms. The van der Waals surface area contributed by atoms with Gasteiger partial charge in [0, 0.05) is 17.3 Å². The molecule has 0 saturated carbocycles. The maximum atomic E-state index is 13.8. The Morgan fingerprint density at radius 3 is 2.11 bits per heavy atom. The molecule has 2 heterocycles. The zero-order valence-corrected chi connectivity index (χ0v) is 21.9. The number of amides is 2. The van der Waals surface area contributed by atoms with E-state index >= 15 is 0 Å². The molecule has 2 aromatic carbocycles. The number of carbonyl (C=O) groups is 2. The molecule has 1 aliphatic heterocycles. The van der Waals surface area contributed by atoms with Crippen LogP contribution in [0.25, 0.3) is 0 Å². The summed E-state index contributed by atoms with van der Waals surface area (Å²) in [6, 6.07) is 20.2. The number of likely N-dealkylation sites (tertiary alicyclic amines) is 1. The van der Waals surface area contributed by atoms with Gasteiger partial charge in [-0.2, -0.15) is 0 Å². The van der Waals surface area contributed by atoms with Gasteiger partial charge in [-0.1, -0.05) is 60.7 Å². The lowest BCUT2D eigenvalue weighted by molar-refractivity contribution is -0.149. The SMILES string of the molecule is CS(=O)(=O)N[C@@H](C(=O)N1CCC1C(=O)NCc1ccc(C(=N)N)s1)C(c1ccccc1)c1ccccc1. The number of amidine groups is 1. The van der Waals surface area contributed by atoms with Gasteiger partial charge in [0.25, 0.3) is 0 Å². The summed E-state index contributed by atoms with van der Waals surface area (Å²) in [6.45, 7) is 0.597. The van der Waals surface area contributed by atoms with Crippen molar-refractivity contribution in [2.45, 2.75) is 31.0 Å². The monoisotopic (exact) mass is 539 g/mol. The minimum Gasteiger partial charge on any atom is -0.383 e. The fraction of sp³-hybridized carbons (Fsp3) is 0.269. The highest BCUT2D eigenvalue weighted by molar-refractivity contribution is 7.88. The quantitative estimate of drug-likeness (QED) is 0.230. The number of rotatable bonds is 10. The third-order valence-electron chi connectivity index (χ3n) is 6.23. The molecule has 1 fully saturated rings. The summed E-state index contributed by atoms with van der Waals surface area (Å²) < 4.78 is 27.3. The summed E-state index contributed by atoms with van der Waals surface area (Å²) in [5.74, 6) is -1.39. The molecule has 4 rings (SSSR count). The molecule has 2 atom stereocenters. The van der Waals surface area contributed by atoms with Crippen molar-refractivity contribution >= 4 is 39.0 Å². The maximum Gasteiger partial charge on any atom is 0.243 e. The largest absolute Gasteiger partial charge is 0.383 e. The van der Waals surface area contributed by atoms with Crippen LogP contribution in [0.4, 0.5) is 0 Å². The van der Waals surface area contributed by atoms with E-state index in [9.17, 15) is 18.0 Å². The molecule has 5 N–H and O–H groups in total. The fourth-order valence-electron chi connectivity index (χ4n) is 4.40. The summed E-state index contributed by atoms with van der Waals surface area (Å²) in [5.41, 5.74) is 7.07. The minimum atomic E-state index is -3.76. The van der Waals surface area contributed by atoms with Crippen LogP contribution in [0.15, 0.2) is 72.8 Å². The fourth-order valence-corrected chi connectivity index (χ4v) is 5.91. The number of hydrogen-bond donors (Lipinski definition) is 4. The lowest BCUT2D eigenvalue weighted by Crippen LogP contribution is -2.63. The molecule has 0 bridgehead atoms. The predicted octanol–water partition coefficient (Wildman–Crippen LogP) is 2.00. The first-order chi connectivity index (χ1) is 17.6. The summed E-state index contributed by atoms with van der Waals surface area (Å²) in [5, 5.41) is 10.4. The summed E-state index contributed by atoms with van der Waals surface area (Å²) in [6.07, 6.45) is 1.50. The second-order valence-corrected chi connectivity index (χ2v) is 11.8. The van der Waals surface area contributed by atoms with Gasteiger partial charge in [0.1, 0.15) is 17.9 Å². The van der Waals surface area contributed by atoms with Gasteiger partial charge in [0.2, 0.25) is 21.8 Å². The summed E-state index contributed by atoms with van der Waals surface area (Å²) >= 11 is 1.32. The first kappa shape index (κ1) is 26.5. The molecule has 1 unspecified atom stereocenters. The summed E-state index contributed by atoms with van der Waals surface area (Å²) in [4.78, 5) is 29.7. The van der Waals surface area contributed by atoms with E-state index in [2.05, 4.69) is 10.0 Å². The molecule has 3 aromatic rings. The van der Waals surface area contributed by atoms with Crippen LogP contribution in [0, 0.1) is 5.41 Å². The van der Waals surface area contributed by atoms with Crippen molar-refractivity contribution in [1.29, 1.82) is 5.41 Å². The van der Waals surface area contributed by atoms with E-state index in [-0.39, 0.29) is 18.3 Å². The Hall–Kier alpha value is -3.54. The van der Waals surface area contributed by atoms with Crippen LogP contribution in [0.1, 0.15) is 33.2 Å². The number of carbonyl (C=O) groups excluding carboxylic acids is 2. The van der Waals surface area contributed by atoms with Gasteiger partial charge < -0.3 is 16.0 Å². The molecule has 1 aromatic heterocycles. The first-order valence-electron chi connectivity index (χ1n) is 11.7. The van der Waals surface area contributed by atoms with E-state index in [1.165, 1.54) is 16.2 Å².